The van der Waals surface area contributed by atoms with Crippen molar-refractivity contribution in [2.75, 3.05) is 20.1 Å². The lowest BCUT2D eigenvalue weighted by molar-refractivity contribution is 0.240. The molecule has 0 saturated heterocycles. The van der Waals surface area contributed by atoms with Gasteiger partial charge in [-0.1, -0.05) is 0 Å². The highest BCUT2D eigenvalue weighted by Gasteiger charge is 2.22. The van der Waals surface area contributed by atoms with E-state index < -0.39 is 0 Å². The van der Waals surface area contributed by atoms with Crippen LogP contribution in [-0.4, -0.2) is 32.2 Å². The van der Waals surface area contributed by atoms with E-state index in [4.69, 9.17) is 0 Å². The fraction of sp³-hybridized carbons (Fsp3) is 0.857. The molecule has 0 bridgehead atoms. The van der Waals surface area contributed by atoms with E-state index in [0.29, 0.717) is 12.6 Å². The highest BCUT2D eigenvalue weighted by molar-refractivity contribution is 5.74. The van der Waals surface area contributed by atoms with Crippen molar-refractivity contribution in [3.63, 3.8) is 0 Å². The quantitative estimate of drug-likeness (QED) is 0.489. The minimum absolute atomic E-state index is 0.0391. The van der Waals surface area contributed by atoms with Crippen LogP contribution in [0.1, 0.15) is 12.8 Å². The fourth-order valence-electron chi connectivity index (χ4n) is 0.765. The largest absolute Gasteiger partial charge is 0.337 e. The van der Waals surface area contributed by atoms with Crippen molar-refractivity contribution in [2.24, 2.45) is 0 Å². The van der Waals surface area contributed by atoms with Crippen molar-refractivity contribution < 1.29 is 4.79 Å². The molecule has 0 aromatic rings. The molecule has 0 aromatic heterocycles. The molecule has 1 saturated carbocycles. The minimum Gasteiger partial charge on any atom is -0.337 e. The number of rotatable bonds is 4. The number of likely N-dealkylation sites (N-methyl/N-ethyl adjacent to an activating group) is 1. The summed E-state index contributed by atoms with van der Waals surface area (Å²) in [5.74, 6) is 0. The number of hydrogen-bond donors (Lipinski definition) is 3. The van der Waals surface area contributed by atoms with Gasteiger partial charge in [-0.2, -0.15) is 0 Å². The van der Waals surface area contributed by atoms with E-state index in [2.05, 4.69) is 16.0 Å². The standard InChI is InChI=1S/C7H15N3O/c1-8-4-5-9-7(11)10-6-2-3-6/h6,8H,2-5H2,1H3,(H2,9,10,11). The zero-order chi connectivity index (χ0) is 8.10. The number of amides is 2. The maximum absolute atomic E-state index is 10.9. The molecule has 0 unspecified atom stereocenters. The summed E-state index contributed by atoms with van der Waals surface area (Å²) in [7, 11) is 1.86. The van der Waals surface area contributed by atoms with Gasteiger partial charge in [0, 0.05) is 19.1 Å². The molecule has 11 heavy (non-hydrogen) atoms. The molecule has 0 aromatic carbocycles. The van der Waals surface area contributed by atoms with Crippen LogP contribution < -0.4 is 16.0 Å². The van der Waals surface area contributed by atoms with Crippen LogP contribution in [0.25, 0.3) is 0 Å². The summed E-state index contributed by atoms with van der Waals surface area (Å²) in [6, 6.07) is 0.410. The highest BCUT2D eigenvalue weighted by Crippen LogP contribution is 2.17. The predicted molar refractivity (Wildman–Crippen MR) is 43.5 cm³/mol. The first-order chi connectivity index (χ1) is 5.33. The van der Waals surface area contributed by atoms with Crippen molar-refractivity contribution in [1.82, 2.24) is 16.0 Å². The second kappa shape index (κ2) is 4.18. The van der Waals surface area contributed by atoms with Gasteiger partial charge in [0.25, 0.3) is 0 Å². The van der Waals surface area contributed by atoms with E-state index >= 15 is 0 Å². The van der Waals surface area contributed by atoms with Gasteiger partial charge in [-0.25, -0.2) is 4.79 Å². The molecular weight excluding hydrogens is 142 g/mol. The monoisotopic (exact) mass is 157 g/mol. The summed E-state index contributed by atoms with van der Waals surface area (Å²) in [5, 5.41) is 8.53. The molecule has 1 rings (SSSR count). The van der Waals surface area contributed by atoms with Crippen molar-refractivity contribution in [3.8, 4) is 0 Å². The number of urea groups is 1. The van der Waals surface area contributed by atoms with Gasteiger partial charge in [-0.05, 0) is 19.9 Å². The van der Waals surface area contributed by atoms with Gasteiger partial charge < -0.3 is 16.0 Å². The van der Waals surface area contributed by atoms with E-state index in [-0.39, 0.29) is 6.03 Å². The molecule has 64 valence electrons. The van der Waals surface area contributed by atoms with Gasteiger partial charge in [-0.3, -0.25) is 0 Å². The third-order valence-corrected chi connectivity index (χ3v) is 1.57. The Morgan fingerprint density at radius 2 is 2.18 bits per heavy atom. The summed E-state index contributed by atoms with van der Waals surface area (Å²) in [4.78, 5) is 10.9. The van der Waals surface area contributed by atoms with Gasteiger partial charge in [-0.15, -0.1) is 0 Å². The van der Waals surface area contributed by atoms with Crippen LogP contribution in [0, 0.1) is 0 Å². The van der Waals surface area contributed by atoms with Crippen LogP contribution in [-0.2, 0) is 0 Å². The topological polar surface area (TPSA) is 53.2 Å². The minimum atomic E-state index is -0.0391. The second-order valence-corrected chi connectivity index (χ2v) is 2.78. The maximum atomic E-state index is 10.9. The molecular formula is C7H15N3O. The van der Waals surface area contributed by atoms with Crippen molar-refractivity contribution in [1.29, 1.82) is 0 Å². The van der Waals surface area contributed by atoms with Crippen LogP contribution in [0.4, 0.5) is 4.79 Å². The zero-order valence-electron chi connectivity index (χ0n) is 6.81. The molecule has 0 radical (unpaired) electrons. The first kappa shape index (κ1) is 8.33. The van der Waals surface area contributed by atoms with Gasteiger partial charge in [0.05, 0.1) is 0 Å². The Hall–Kier alpha value is -0.770. The molecule has 3 N–H and O–H groups in total. The van der Waals surface area contributed by atoms with E-state index in [1.54, 1.807) is 0 Å². The molecule has 2 amide bonds. The SMILES string of the molecule is CNCCNC(=O)NC1CC1. The van der Waals surface area contributed by atoms with Gasteiger partial charge >= 0.3 is 6.03 Å². The predicted octanol–water partition coefficient (Wildman–Crippen LogP) is -0.333. The Morgan fingerprint density at radius 1 is 1.45 bits per heavy atom. The normalized spacial score (nSPS) is 16.1. The van der Waals surface area contributed by atoms with Crippen molar-refractivity contribution in [2.45, 2.75) is 18.9 Å². The number of hydrogen-bond acceptors (Lipinski definition) is 2. The molecule has 0 aliphatic heterocycles. The second-order valence-electron chi connectivity index (χ2n) is 2.78. The smallest absolute Gasteiger partial charge is 0.315 e. The van der Waals surface area contributed by atoms with Crippen LogP contribution >= 0.6 is 0 Å². The molecule has 0 heterocycles. The maximum Gasteiger partial charge on any atom is 0.315 e. The number of carbonyl (C=O) groups is 1. The summed E-state index contributed by atoms with van der Waals surface area (Å²) >= 11 is 0. The Balaban J connectivity index is 1.92. The van der Waals surface area contributed by atoms with Crippen molar-refractivity contribution >= 4 is 6.03 Å². The Bertz CT molecular complexity index is 134. The van der Waals surface area contributed by atoms with Crippen LogP contribution in [0.3, 0.4) is 0 Å². The number of carbonyl (C=O) groups excluding carboxylic acids is 1. The first-order valence-electron chi connectivity index (χ1n) is 4.02. The third-order valence-electron chi connectivity index (χ3n) is 1.57. The van der Waals surface area contributed by atoms with Crippen LogP contribution in [0.15, 0.2) is 0 Å². The third kappa shape index (κ3) is 3.83. The molecule has 4 nitrogen and oxygen atoms in total. The average molecular weight is 157 g/mol. The van der Waals surface area contributed by atoms with E-state index in [0.717, 1.165) is 19.4 Å². The molecule has 1 fully saturated rings. The van der Waals surface area contributed by atoms with E-state index in [9.17, 15) is 4.79 Å². The summed E-state index contributed by atoms with van der Waals surface area (Å²) in [6.45, 7) is 1.51. The first-order valence-corrected chi connectivity index (χ1v) is 4.02. The van der Waals surface area contributed by atoms with Gasteiger partial charge in [0.15, 0.2) is 0 Å². The Labute approximate surface area is 66.7 Å². The molecule has 0 atom stereocenters. The highest BCUT2D eigenvalue weighted by atomic mass is 16.2. The summed E-state index contributed by atoms with van der Waals surface area (Å²) < 4.78 is 0. The molecule has 1 aliphatic rings. The zero-order valence-corrected chi connectivity index (χ0v) is 6.81. The average Bonchev–Trinajstić information content (AvgIpc) is 2.72. The lowest BCUT2D eigenvalue weighted by Gasteiger charge is -2.04. The lowest BCUT2D eigenvalue weighted by atomic mass is 10.6. The Kier molecular flexibility index (Phi) is 3.16. The van der Waals surface area contributed by atoms with Crippen molar-refractivity contribution in [3.05, 3.63) is 0 Å². The Morgan fingerprint density at radius 3 is 2.73 bits per heavy atom. The molecule has 1 aliphatic carbocycles. The fourth-order valence-corrected chi connectivity index (χ4v) is 0.765. The van der Waals surface area contributed by atoms with Gasteiger partial charge in [0.1, 0.15) is 0 Å². The van der Waals surface area contributed by atoms with E-state index in [1.165, 1.54) is 0 Å². The molecule has 0 spiro atoms. The van der Waals surface area contributed by atoms with Crippen LogP contribution in [0.2, 0.25) is 0 Å². The molecule has 4 heteroatoms. The van der Waals surface area contributed by atoms with Crippen LogP contribution in [0.5, 0.6) is 0 Å². The lowest BCUT2D eigenvalue weighted by Crippen LogP contribution is -2.39. The number of nitrogens with one attached hydrogen (secondary N) is 3. The summed E-state index contributed by atoms with van der Waals surface area (Å²) in [5.41, 5.74) is 0. The van der Waals surface area contributed by atoms with E-state index in [1.807, 2.05) is 7.05 Å². The van der Waals surface area contributed by atoms with Gasteiger partial charge in [0.2, 0.25) is 0 Å². The summed E-state index contributed by atoms with van der Waals surface area (Å²) in [6.07, 6.45) is 2.28.